The van der Waals surface area contributed by atoms with Crippen molar-refractivity contribution in [3.8, 4) is 39.9 Å². The van der Waals surface area contributed by atoms with Crippen LogP contribution in [0.2, 0.25) is 19.6 Å². The van der Waals surface area contributed by atoms with Crippen molar-refractivity contribution in [3.05, 3.63) is 60.4 Å². The minimum Gasteiger partial charge on any atom is -0.471 e. The third-order valence-electron chi connectivity index (χ3n) is 9.56. The van der Waals surface area contributed by atoms with Gasteiger partial charge in [-0.05, 0) is 88.6 Å². The number of likely N-dealkylation sites (tertiary alicyclic amines) is 1. The first-order valence-electron chi connectivity index (χ1n) is 17.6. The van der Waals surface area contributed by atoms with Crippen LogP contribution in [0.4, 0.5) is 4.79 Å². The van der Waals surface area contributed by atoms with Crippen LogP contribution in [0.3, 0.4) is 0 Å². The molecular formula is C39H47N5O4Si. The molecule has 1 spiro atoms. The highest BCUT2D eigenvalue weighted by Crippen LogP contribution is 2.55. The summed E-state index contributed by atoms with van der Waals surface area (Å²) in [6, 6.07) is 14.8. The van der Waals surface area contributed by atoms with Crippen molar-refractivity contribution in [2.45, 2.75) is 96.9 Å². The van der Waals surface area contributed by atoms with Crippen molar-refractivity contribution in [2.75, 3.05) is 19.7 Å². The summed E-state index contributed by atoms with van der Waals surface area (Å²) in [6.07, 6.45) is 8.87. The average Bonchev–Trinajstić information content (AvgIpc) is 3.74. The molecular weight excluding hydrogens is 631 g/mol. The van der Waals surface area contributed by atoms with Gasteiger partial charge in [-0.25, -0.2) is 14.5 Å². The van der Waals surface area contributed by atoms with E-state index in [-0.39, 0.29) is 23.8 Å². The highest BCUT2D eigenvalue weighted by atomic mass is 28.3. The molecule has 49 heavy (non-hydrogen) atoms. The van der Waals surface area contributed by atoms with E-state index in [1.807, 2.05) is 31.5 Å². The van der Waals surface area contributed by atoms with Gasteiger partial charge in [0.25, 0.3) is 0 Å². The number of piperidine rings is 1. The summed E-state index contributed by atoms with van der Waals surface area (Å²) >= 11 is 0. The smallest absolute Gasteiger partial charge is 0.410 e. The molecule has 4 aromatic rings. The van der Waals surface area contributed by atoms with Gasteiger partial charge < -0.3 is 19.1 Å². The molecule has 1 saturated carbocycles. The van der Waals surface area contributed by atoms with Crippen LogP contribution in [0.5, 0.6) is 5.88 Å². The number of ether oxygens (including phenoxy) is 3. The van der Waals surface area contributed by atoms with Gasteiger partial charge in [-0.3, -0.25) is 4.98 Å². The number of hydrogen-bond donors (Lipinski definition) is 0. The monoisotopic (exact) mass is 677 g/mol. The van der Waals surface area contributed by atoms with Crippen LogP contribution in [0.1, 0.15) is 71.1 Å². The molecule has 7 rings (SSSR count). The Hall–Kier alpha value is -4.20. The van der Waals surface area contributed by atoms with Gasteiger partial charge in [0.15, 0.2) is 6.23 Å². The molecule has 10 heteroatoms. The topological polar surface area (TPSA) is 91.6 Å². The minimum absolute atomic E-state index is 0.0590. The van der Waals surface area contributed by atoms with Crippen molar-refractivity contribution in [1.82, 2.24) is 24.6 Å². The summed E-state index contributed by atoms with van der Waals surface area (Å²) in [5.74, 6) is 3.91. The van der Waals surface area contributed by atoms with Crippen LogP contribution in [0, 0.1) is 16.9 Å². The van der Waals surface area contributed by atoms with Crippen LogP contribution < -0.4 is 4.74 Å². The number of benzene rings is 2. The molecule has 3 fully saturated rings. The molecule has 1 amide bonds. The molecule has 256 valence electrons. The Balaban J connectivity index is 1.24. The quantitative estimate of drug-likeness (QED) is 0.155. The number of amides is 1. The second-order valence-electron chi connectivity index (χ2n) is 15.8. The van der Waals surface area contributed by atoms with E-state index in [1.165, 1.54) is 0 Å². The maximum atomic E-state index is 13.0. The van der Waals surface area contributed by atoms with E-state index >= 15 is 0 Å². The van der Waals surface area contributed by atoms with E-state index in [2.05, 4.69) is 72.5 Å². The van der Waals surface area contributed by atoms with Crippen LogP contribution in [0.15, 0.2) is 54.9 Å². The number of aromatic nitrogens is 4. The van der Waals surface area contributed by atoms with Gasteiger partial charge in [0.05, 0.1) is 24.5 Å². The number of carbonyl (C=O) groups is 1. The van der Waals surface area contributed by atoms with Gasteiger partial charge in [0.1, 0.15) is 31.2 Å². The SMILES string of the molecule is CC(C)(C)OC(=O)N1CCC2(CC2)[C@@H](Oc2cncc(-c3nn(C4CCCCO4)c4ccc(-c5ccccc5C#C[Si](C)(C)C)cc34)n2)C1. The summed E-state index contributed by atoms with van der Waals surface area (Å²) in [6.45, 7) is 14.3. The second-order valence-corrected chi connectivity index (χ2v) is 20.5. The van der Waals surface area contributed by atoms with Crippen molar-refractivity contribution in [1.29, 1.82) is 0 Å². The molecule has 2 saturated heterocycles. The largest absolute Gasteiger partial charge is 0.471 e. The summed E-state index contributed by atoms with van der Waals surface area (Å²) in [5.41, 5.74) is 8.56. The lowest BCUT2D eigenvalue weighted by Crippen LogP contribution is -2.51. The molecule has 0 N–H and O–H groups in total. The number of nitrogens with zero attached hydrogens (tertiary/aromatic N) is 5. The molecule has 9 nitrogen and oxygen atoms in total. The molecule has 0 bridgehead atoms. The van der Waals surface area contributed by atoms with E-state index in [9.17, 15) is 4.79 Å². The van der Waals surface area contributed by atoms with Gasteiger partial charge in [-0.1, -0.05) is 49.8 Å². The molecule has 3 aliphatic rings. The van der Waals surface area contributed by atoms with Crippen molar-refractivity contribution in [3.63, 3.8) is 0 Å². The Morgan fingerprint density at radius 2 is 1.88 bits per heavy atom. The zero-order chi connectivity index (χ0) is 34.4. The summed E-state index contributed by atoms with van der Waals surface area (Å²) < 4.78 is 20.5. The number of carbonyl (C=O) groups excluding carboxylic acids is 1. The molecule has 2 aliphatic heterocycles. The molecule has 1 unspecified atom stereocenters. The zero-order valence-corrected chi connectivity index (χ0v) is 30.6. The maximum absolute atomic E-state index is 13.0. The third kappa shape index (κ3) is 7.38. The lowest BCUT2D eigenvalue weighted by atomic mass is 9.90. The van der Waals surface area contributed by atoms with Crippen LogP contribution >= 0.6 is 0 Å². The Labute approximate surface area is 290 Å². The Kier molecular flexibility index (Phi) is 8.78. The predicted molar refractivity (Wildman–Crippen MR) is 194 cm³/mol. The first-order valence-corrected chi connectivity index (χ1v) is 21.1. The van der Waals surface area contributed by atoms with E-state index < -0.39 is 13.7 Å². The molecule has 2 atom stereocenters. The fourth-order valence-electron chi connectivity index (χ4n) is 6.79. The van der Waals surface area contributed by atoms with Crippen molar-refractivity contribution in [2.24, 2.45) is 5.41 Å². The van der Waals surface area contributed by atoms with Gasteiger partial charge in [0.2, 0.25) is 5.88 Å². The van der Waals surface area contributed by atoms with E-state index in [4.69, 9.17) is 24.3 Å². The Bertz CT molecular complexity index is 1920. The highest BCUT2D eigenvalue weighted by molar-refractivity contribution is 6.83. The Morgan fingerprint density at radius 1 is 1.06 bits per heavy atom. The molecule has 0 radical (unpaired) electrons. The van der Waals surface area contributed by atoms with Crippen LogP contribution in [-0.4, -0.2) is 70.2 Å². The first kappa shape index (κ1) is 33.3. The summed E-state index contributed by atoms with van der Waals surface area (Å²) in [4.78, 5) is 24.3. The van der Waals surface area contributed by atoms with Gasteiger partial charge in [-0.15, -0.1) is 5.54 Å². The average molecular weight is 678 g/mol. The minimum atomic E-state index is -1.56. The lowest BCUT2D eigenvalue weighted by molar-refractivity contribution is -0.0365. The predicted octanol–water partition coefficient (Wildman–Crippen LogP) is 8.26. The van der Waals surface area contributed by atoms with Crippen molar-refractivity contribution >= 4 is 25.1 Å². The molecule has 1 aliphatic carbocycles. The van der Waals surface area contributed by atoms with Gasteiger partial charge >= 0.3 is 6.09 Å². The maximum Gasteiger partial charge on any atom is 0.410 e. The fourth-order valence-corrected chi connectivity index (χ4v) is 7.30. The molecule has 2 aromatic heterocycles. The second kappa shape index (κ2) is 12.9. The lowest BCUT2D eigenvalue weighted by Gasteiger charge is -2.39. The zero-order valence-electron chi connectivity index (χ0n) is 29.6. The normalized spacial score (nSPS) is 20.5. The van der Waals surface area contributed by atoms with Crippen LogP contribution in [0.25, 0.3) is 33.4 Å². The third-order valence-corrected chi connectivity index (χ3v) is 10.4. The van der Waals surface area contributed by atoms with Gasteiger partial charge in [0, 0.05) is 29.5 Å². The summed E-state index contributed by atoms with van der Waals surface area (Å²) in [5, 5.41) is 6.12. The van der Waals surface area contributed by atoms with Crippen molar-refractivity contribution < 1.29 is 19.0 Å². The standard InChI is InChI=1S/C39H47N5O4Si/c1-38(2,3)48-37(45)43-20-19-39(17-18-39)33(26-43)47-34-25-40-24-31(41-34)36-30-23-28(29-12-8-7-11-27(29)16-22-49(4,5)6)14-15-32(30)44(42-36)35-13-9-10-21-46-35/h7-8,11-12,14-15,23-25,33,35H,9-10,13,17-21,26H2,1-6H3/t33-,35?/m0/s1. The number of fused-ring (bicyclic) bond motifs is 1. The van der Waals surface area contributed by atoms with Gasteiger partial charge in [-0.2, -0.15) is 5.10 Å². The summed E-state index contributed by atoms with van der Waals surface area (Å²) in [7, 11) is -1.56. The van der Waals surface area contributed by atoms with E-state index in [0.717, 1.165) is 78.4 Å². The highest BCUT2D eigenvalue weighted by Gasteiger charge is 2.54. The number of rotatable bonds is 5. The van der Waals surface area contributed by atoms with E-state index in [0.29, 0.717) is 24.7 Å². The number of hydrogen-bond acceptors (Lipinski definition) is 7. The van der Waals surface area contributed by atoms with E-state index in [1.54, 1.807) is 17.3 Å². The van der Waals surface area contributed by atoms with Crippen LogP contribution in [-0.2, 0) is 9.47 Å². The fraction of sp³-hybridized carbons (Fsp3) is 0.487. The molecule has 4 heterocycles. The molecule has 2 aromatic carbocycles. The Morgan fingerprint density at radius 3 is 2.61 bits per heavy atom. The first-order chi connectivity index (χ1) is 23.4.